The highest BCUT2D eigenvalue weighted by molar-refractivity contribution is 6.18. The standard InChI is InChI=1S/C17H21ClN2O/c1-21-16-7-3-6-15-14(16)8-9-19-17(15)20-11-13-5-2-4-12(13)10-18/h3,6-9,12-13H,2,4-5,10-11H2,1H3,(H,19,20). The van der Waals surface area contributed by atoms with Gasteiger partial charge in [0.05, 0.1) is 7.11 Å². The number of nitrogens with one attached hydrogen (secondary N) is 1. The summed E-state index contributed by atoms with van der Waals surface area (Å²) in [6, 6.07) is 8.06. The van der Waals surface area contributed by atoms with Crippen LogP contribution in [0.25, 0.3) is 10.8 Å². The number of hydrogen-bond donors (Lipinski definition) is 1. The fourth-order valence-electron chi connectivity index (χ4n) is 3.31. The third kappa shape index (κ3) is 2.93. The predicted octanol–water partition coefficient (Wildman–Crippen LogP) is 4.31. The van der Waals surface area contributed by atoms with E-state index in [2.05, 4.69) is 16.4 Å². The van der Waals surface area contributed by atoms with E-state index >= 15 is 0 Å². The quantitative estimate of drug-likeness (QED) is 0.836. The van der Waals surface area contributed by atoms with E-state index in [-0.39, 0.29) is 0 Å². The Morgan fingerprint density at radius 2 is 2.10 bits per heavy atom. The van der Waals surface area contributed by atoms with Crippen molar-refractivity contribution in [2.24, 2.45) is 11.8 Å². The largest absolute Gasteiger partial charge is 0.496 e. The predicted molar refractivity (Wildman–Crippen MR) is 88.3 cm³/mol. The number of nitrogens with zero attached hydrogens (tertiary/aromatic N) is 1. The fourth-order valence-corrected chi connectivity index (χ4v) is 3.72. The van der Waals surface area contributed by atoms with Crippen LogP contribution in [0.4, 0.5) is 5.82 Å². The number of fused-ring (bicyclic) bond motifs is 1. The van der Waals surface area contributed by atoms with Crippen molar-refractivity contribution in [3.8, 4) is 5.75 Å². The first kappa shape index (κ1) is 14.5. The van der Waals surface area contributed by atoms with E-state index in [9.17, 15) is 0 Å². The van der Waals surface area contributed by atoms with Crippen molar-refractivity contribution < 1.29 is 4.74 Å². The number of methoxy groups -OCH3 is 1. The van der Waals surface area contributed by atoms with E-state index in [1.165, 1.54) is 19.3 Å². The zero-order valence-electron chi connectivity index (χ0n) is 12.3. The normalized spacial score (nSPS) is 21.6. The summed E-state index contributed by atoms with van der Waals surface area (Å²) < 4.78 is 5.42. The number of aromatic nitrogens is 1. The smallest absolute Gasteiger partial charge is 0.133 e. The molecule has 2 atom stereocenters. The van der Waals surface area contributed by atoms with E-state index in [4.69, 9.17) is 16.3 Å². The average Bonchev–Trinajstić information content (AvgIpc) is 2.99. The second kappa shape index (κ2) is 6.52. The van der Waals surface area contributed by atoms with E-state index in [1.807, 2.05) is 24.4 Å². The van der Waals surface area contributed by atoms with Crippen LogP contribution in [-0.2, 0) is 0 Å². The van der Waals surface area contributed by atoms with Gasteiger partial charge in [-0.1, -0.05) is 18.6 Å². The van der Waals surface area contributed by atoms with E-state index in [0.717, 1.165) is 34.8 Å². The lowest BCUT2D eigenvalue weighted by atomic mass is 9.98. The Balaban J connectivity index is 1.81. The van der Waals surface area contributed by atoms with Gasteiger partial charge < -0.3 is 10.1 Å². The minimum absolute atomic E-state index is 0.642. The van der Waals surface area contributed by atoms with Gasteiger partial charge in [0.25, 0.3) is 0 Å². The van der Waals surface area contributed by atoms with Crippen molar-refractivity contribution in [1.29, 1.82) is 0 Å². The molecule has 1 aliphatic carbocycles. The summed E-state index contributed by atoms with van der Waals surface area (Å²) >= 11 is 6.06. The van der Waals surface area contributed by atoms with Gasteiger partial charge in [0, 0.05) is 29.4 Å². The van der Waals surface area contributed by atoms with Gasteiger partial charge in [-0.2, -0.15) is 0 Å². The molecule has 1 saturated carbocycles. The highest BCUT2D eigenvalue weighted by Gasteiger charge is 2.26. The minimum atomic E-state index is 0.642. The molecule has 1 aromatic carbocycles. The van der Waals surface area contributed by atoms with Gasteiger partial charge in [0.15, 0.2) is 0 Å². The first-order valence-corrected chi connectivity index (χ1v) is 8.08. The number of ether oxygens (including phenoxy) is 1. The molecule has 0 bridgehead atoms. The van der Waals surface area contributed by atoms with Crippen LogP contribution < -0.4 is 10.1 Å². The van der Waals surface area contributed by atoms with Crippen LogP contribution in [0.3, 0.4) is 0 Å². The topological polar surface area (TPSA) is 34.1 Å². The Hall–Kier alpha value is -1.48. The maximum Gasteiger partial charge on any atom is 0.133 e. The molecule has 4 heteroatoms. The van der Waals surface area contributed by atoms with Crippen LogP contribution in [-0.4, -0.2) is 24.5 Å². The lowest BCUT2D eigenvalue weighted by Gasteiger charge is -2.18. The highest BCUT2D eigenvalue weighted by Crippen LogP contribution is 2.34. The molecule has 0 saturated heterocycles. The van der Waals surface area contributed by atoms with Crippen molar-refractivity contribution in [2.45, 2.75) is 19.3 Å². The van der Waals surface area contributed by atoms with Gasteiger partial charge >= 0.3 is 0 Å². The molecule has 0 amide bonds. The molecule has 1 fully saturated rings. The van der Waals surface area contributed by atoms with Gasteiger partial charge in [-0.3, -0.25) is 0 Å². The molecule has 3 rings (SSSR count). The van der Waals surface area contributed by atoms with Crippen LogP contribution in [0.5, 0.6) is 5.75 Å². The number of hydrogen-bond acceptors (Lipinski definition) is 3. The van der Waals surface area contributed by atoms with E-state index in [0.29, 0.717) is 11.8 Å². The summed E-state index contributed by atoms with van der Waals surface area (Å²) in [5, 5.41) is 5.72. The monoisotopic (exact) mass is 304 g/mol. The van der Waals surface area contributed by atoms with Crippen molar-refractivity contribution in [3.63, 3.8) is 0 Å². The molecule has 112 valence electrons. The summed E-state index contributed by atoms with van der Waals surface area (Å²) in [6.45, 7) is 0.945. The summed E-state index contributed by atoms with van der Waals surface area (Å²) in [6.07, 6.45) is 5.65. The molecule has 0 aliphatic heterocycles. The number of rotatable bonds is 5. The number of pyridine rings is 1. The second-order valence-corrected chi connectivity index (χ2v) is 6.01. The Morgan fingerprint density at radius 3 is 2.90 bits per heavy atom. The van der Waals surface area contributed by atoms with E-state index < -0.39 is 0 Å². The van der Waals surface area contributed by atoms with Crippen LogP contribution in [0.2, 0.25) is 0 Å². The molecule has 3 nitrogen and oxygen atoms in total. The summed E-state index contributed by atoms with van der Waals surface area (Å²) in [5.41, 5.74) is 0. The van der Waals surface area contributed by atoms with Crippen molar-refractivity contribution >= 4 is 28.2 Å². The number of halogens is 1. The number of anilines is 1. The zero-order chi connectivity index (χ0) is 14.7. The summed E-state index contributed by atoms with van der Waals surface area (Å²) in [4.78, 5) is 4.49. The fraction of sp³-hybridized carbons (Fsp3) is 0.471. The van der Waals surface area contributed by atoms with Crippen LogP contribution >= 0.6 is 11.6 Å². The summed E-state index contributed by atoms with van der Waals surface area (Å²) in [7, 11) is 1.70. The molecule has 1 aromatic heterocycles. The minimum Gasteiger partial charge on any atom is -0.496 e. The lowest BCUT2D eigenvalue weighted by molar-refractivity contribution is 0.420. The molecule has 0 radical (unpaired) electrons. The molecule has 0 spiro atoms. The number of benzene rings is 1. The Kier molecular flexibility index (Phi) is 4.49. The van der Waals surface area contributed by atoms with Crippen LogP contribution in [0.15, 0.2) is 30.5 Å². The molecule has 21 heavy (non-hydrogen) atoms. The van der Waals surface area contributed by atoms with Crippen molar-refractivity contribution in [2.75, 3.05) is 24.9 Å². The molecule has 1 aliphatic rings. The Bertz CT molecular complexity index is 617. The first-order valence-electron chi connectivity index (χ1n) is 7.55. The third-order valence-corrected chi connectivity index (χ3v) is 4.93. The van der Waals surface area contributed by atoms with Crippen LogP contribution in [0, 0.1) is 11.8 Å². The van der Waals surface area contributed by atoms with Gasteiger partial charge in [-0.25, -0.2) is 4.98 Å². The average molecular weight is 305 g/mol. The highest BCUT2D eigenvalue weighted by atomic mass is 35.5. The molecular formula is C17H21ClN2O. The molecule has 1 N–H and O–H groups in total. The molecule has 1 heterocycles. The lowest BCUT2D eigenvalue weighted by Crippen LogP contribution is -2.19. The Morgan fingerprint density at radius 1 is 1.24 bits per heavy atom. The third-order valence-electron chi connectivity index (χ3n) is 4.53. The molecule has 2 unspecified atom stereocenters. The first-order chi connectivity index (χ1) is 10.3. The van der Waals surface area contributed by atoms with Gasteiger partial charge in [0.2, 0.25) is 0 Å². The number of alkyl halides is 1. The van der Waals surface area contributed by atoms with Crippen molar-refractivity contribution in [3.05, 3.63) is 30.5 Å². The van der Waals surface area contributed by atoms with Crippen molar-refractivity contribution in [1.82, 2.24) is 4.98 Å². The maximum atomic E-state index is 6.06. The van der Waals surface area contributed by atoms with Gasteiger partial charge in [0.1, 0.15) is 11.6 Å². The van der Waals surface area contributed by atoms with E-state index in [1.54, 1.807) is 7.11 Å². The Labute approximate surface area is 130 Å². The maximum absolute atomic E-state index is 6.06. The molecular weight excluding hydrogens is 284 g/mol. The second-order valence-electron chi connectivity index (χ2n) is 5.70. The SMILES string of the molecule is COc1cccc2c(NCC3CCCC3CCl)nccc12. The summed E-state index contributed by atoms with van der Waals surface area (Å²) in [5.74, 6) is 3.89. The van der Waals surface area contributed by atoms with Gasteiger partial charge in [-0.05, 0) is 36.8 Å². The van der Waals surface area contributed by atoms with Gasteiger partial charge in [-0.15, -0.1) is 11.6 Å². The zero-order valence-corrected chi connectivity index (χ0v) is 13.1. The van der Waals surface area contributed by atoms with Crippen LogP contribution in [0.1, 0.15) is 19.3 Å². The molecule has 2 aromatic rings.